The summed E-state index contributed by atoms with van der Waals surface area (Å²) in [6, 6.07) is 6.44. The number of rotatable bonds is 6. The Morgan fingerprint density at radius 2 is 1.76 bits per heavy atom. The van der Waals surface area contributed by atoms with Crippen molar-refractivity contribution in [3.05, 3.63) is 29.8 Å². The summed E-state index contributed by atoms with van der Waals surface area (Å²) < 4.78 is 0. The first-order valence-electron chi connectivity index (χ1n) is 6.86. The number of hydrogen-bond donors (Lipinski definition) is 3. The van der Waals surface area contributed by atoms with Gasteiger partial charge in [0.1, 0.15) is 6.04 Å². The number of nitrogens with one attached hydrogen (secondary N) is 3. The van der Waals surface area contributed by atoms with E-state index in [9.17, 15) is 14.4 Å². The molecule has 0 radical (unpaired) electrons. The molecule has 3 amide bonds. The lowest BCUT2D eigenvalue weighted by Crippen LogP contribution is -2.45. The largest absolute Gasteiger partial charge is 0.355 e. The standard InChI is InChI=1S/C15H21N3O3/c1-4-16-15(21)10(2)17-14(20)9-12-5-7-13(8-6-12)18-11(3)19/h5-8,10H,4,9H2,1-3H3,(H,16,21)(H,17,20)(H,18,19)/t10-/m1/s1. The Kier molecular flexibility index (Phi) is 6.39. The summed E-state index contributed by atoms with van der Waals surface area (Å²) in [6.07, 6.45) is 0.185. The van der Waals surface area contributed by atoms with Gasteiger partial charge in [0.05, 0.1) is 6.42 Å². The van der Waals surface area contributed by atoms with Crippen molar-refractivity contribution < 1.29 is 14.4 Å². The Balaban J connectivity index is 2.51. The first-order valence-corrected chi connectivity index (χ1v) is 6.86. The Bertz CT molecular complexity index is 511. The van der Waals surface area contributed by atoms with Gasteiger partial charge in [-0.2, -0.15) is 0 Å². The third kappa shape index (κ3) is 6.07. The summed E-state index contributed by atoms with van der Waals surface area (Å²) in [6.45, 7) is 5.43. The van der Waals surface area contributed by atoms with E-state index in [0.29, 0.717) is 12.2 Å². The zero-order valence-corrected chi connectivity index (χ0v) is 12.5. The highest BCUT2D eigenvalue weighted by atomic mass is 16.2. The monoisotopic (exact) mass is 291 g/mol. The maximum atomic E-state index is 11.8. The molecule has 0 unspecified atom stereocenters. The lowest BCUT2D eigenvalue weighted by Gasteiger charge is -2.13. The summed E-state index contributed by atoms with van der Waals surface area (Å²) >= 11 is 0. The molecule has 21 heavy (non-hydrogen) atoms. The fourth-order valence-electron chi connectivity index (χ4n) is 1.78. The molecule has 0 fully saturated rings. The van der Waals surface area contributed by atoms with Crippen molar-refractivity contribution in [3.63, 3.8) is 0 Å². The highest BCUT2D eigenvalue weighted by Crippen LogP contribution is 2.10. The molecule has 0 saturated carbocycles. The van der Waals surface area contributed by atoms with Crippen LogP contribution in [0.2, 0.25) is 0 Å². The van der Waals surface area contributed by atoms with E-state index >= 15 is 0 Å². The van der Waals surface area contributed by atoms with Crippen LogP contribution in [0.15, 0.2) is 24.3 Å². The van der Waals surface area contributed by atoms with E-state index in [-0.39, 0.29) is 24.1 Å². The predicted octanol–water partition coefficient (Wildman–Crippen LogP) is 0.828. The van der Waals surface area contributed by atoms with Crippen LogP contribution in [0, 0.1) is 0 Å². The molecule has 6 heteroatoms. The second kappa shape index (κ2) is 8.04. The number of amides is 3. The minimum absolute atomic E-state index is 0.142. The van der Waals surface area contributed by atoms with E-state index in [2.05, 4.69) is 16.0 Å². The van der Waals surface area contributed by atoms with Crippen LogP contribution >= 0.6 is 0 Å². The highest BCUT2D eigenvalue weighted by Gasteiger charge is 2.14. The summed E-state index contributed by atoms with van der Waals surface area (Å²) in [7, 11) is 0. The summed E-state index contributed by atoms with van der Waals surface area (Å²) in [5.41, 5.74) is 1.49. The number of anilines is 1. The lowest BCUT2D eigenvalue weighted by molar-refractivity contribution is -0.128. The van der Waals surface area contributed by atoms with Crippen LogP contribution < -0.4 is 16.0 Å². The molecule has 6 nitrogen and oxygen atoms in total. The maximum absolute atomic E-state index is 11.8. The molecule has 1 rings (SSSR count). The van der Waals surface area contributed by atoms with E-state index in [1.165, 1.54) is 6.92 Å². The van der Waals surface area contributed by atoms with E-state index < -0.39 is 6.04 Å². The van der Waals surface area contributed by atoms with E-state index in [0.717, 1.165) is 5.56 Å². The number of likely N-dealkylation sites (N-methyl/N-ethyl adjacent to an activating group) is 1. The molecular weight excluding hydrogens is 270 g/mol. The number of benzene rings is 1. The zero-order valence-electron chi connectivity index (χ0n) is 12.5. The predicted molar refractivity (Wildman–Crippen MR) is 80.7 cm³/mol. The van der Waals surface area contributed by atoms with Gasteiger partial charge in [-0.05, 0) is 31.5 Å². The molecule has 114 valence electrons. The van der Waals surface area contributed by atoms with Gasteiger partial charge in [0.25, 0.3) is 0 Å². The zero-order chi connectivity index (χ0) is 15.8. The molecule has 1 aromatic carbocycles. The molecule has 1 atom stereocenters. The van der Waals surface area contributed by atoms with E-state index in [4.69, 9.17) is 0 Å². The van der Waals surface area contributed by atoms with Crippen LogP contribution in [-0.4, -0.2) is 30.3 Å². The molecule has 1 aromatic rings. The Morgan fingerprint density at radius 1 is 1.14 bits per heavy atom. The second-order valence-electron chi connectivity index (χ2n) is 4.74. The summed E-state index contributed by atoms with van der Waals surface area (Å²) in [5, 5.41) is 7.94. The van der Waals surface area contributed by atoms with Crippen molar-refractivity contribution in [1.82, 2.24) is 10.6 Å². The van der Waals surface area contributed by atoms with Crippen molar-refractivity contribution >= 4 is 23.4 Å². The van der Waals surface area contributed by atoms with Gasteiger partial charge in [0.2, 0.25) is 17.7 Å². The van der Waals surface area contributed by atoms with Gasteiger partial charge in [-0.25, -0.2) is 0 Å². The number of hydrogen-bond acceptors (Lipinski definition) is 3. The highest BCUT2D eigenvalue weighted by molar-refractivity contribution is 5.89. The van der Waals surface area contributed by atoms with Crippen molar-refractivity contribution in [2.24, 2.45) is 0 Å². The first-order chi connectivity index (χ1) is 9.92. The van der Waals surface area contributed by atoms with Gasteiger partial charge in [-0.1, -0.05) is 12.1 Å². The fraction of sp³-hybridized carbons (Fsp3) is 0.400. The minimum atomic E-state index is -0.559. The van der Waals surface area contributed by atoms with E-state index in [1.807, 2.05) is 6.92 Å². The smallest absolute Gasteiger partial charge is 0.242 e. The van der Waals surface area contributed by atoms with Gasteiger partial charge in [0, 0.05) is 19.2 Å². The van der Waals surface area contributed by atoms with Gasteiger partial charge in [-0.15, -0.1) is 0 Å². The number of carbonyl (C=O) groups is 3. The Labute approximate surface area is 124 Å². The second-order valence-corrected chi connectivity index (χ2v) is 4.74. The van der Waals surface area contributed by atoms with Crippen LogP contribution in [0.3, 0.4) is 0 Å². The summed E-state index contributed by atoms with van der Waals surface area (Å²) in [5.74, 6) is -0.566. The van der Waals surface area contributed by atoms with Gasteiger partial charge < -0.3 is 16.0 Å². The van der Waals surface area contributed by atoms with Crippen molar-refractivity contribution in [2.75, 3.05) is 11.9 Å². The normalized spacial score (nSPS) is 11.4. The molecule has 0 saturated heterocycles. The van der Waals surface area contributed by atoms with Crippen LogP contribution in [0.5, 0.6) is 0 Å². The van der Waals surface area contributed by atoms with Crippen LogP contribution in [0.25, 0.3) is 0 Å². The molecule has 0 heterocycles. The third-order valence-electron chi connectivity index (χ3n) is 2.76. The van der Waals surface area contributed by atoms with Crippen molar-refractivity contribution in [3.8, 4) is 0 Å². The third-order valence-corrected chi connectivity index (χ3v) is 2.76. The average molecular weight is 291 g/mol. The molecule has 0 aliphatic rings. The maximum Gasteiger partial charge on any atom is 0.242 e. The topological polar surface area (TPSA) is 87.3 Å². The first kappa shape index (κ1) is 16.7. The molecule has 0 bridgehead atoms. The van der Waals surface area contributed by atoms with Crippen LogP contribution in [-0.2, 0) is 20.8 Å². The van der Waals surface area contributed by atoms with Crippen LogP contribution in [0.4, 0.5) is 5.69 Å². The molecule has 3 N–H and O–H groups in total. The van der Waals surface area contributed by atoms with Gasteiger partial charge >= 0.3 is 0 Å². The van der Waals surface area contributed by atoms with E-state index in [1.54, 1.807) is 31.2 Å². The molecule has 0 aromatic heterocycles. The summed E-state index contributed by atoms with van der Waals surface area (Å²) in [4.78, 5) is 34.2. The van der Waals surface area contributed by atoms with Crippen molar-refractivity contribution in [2.45, 2.75) is 33.2 Å². The average Bonchev–Trinajstić information content (AvgIpc) is 2.40. The minimum Gasteiger partial charge on any atom is -0.355 e. The van der Waals surface area contributed by atoms with Gasteiger partial charge in [-0.3, -0.25) is 14.4 Å². The molecular formula is C15H21N3O3. The molecule has 0 spiro atoms. The van der Waals surface area contributed by atoms with Gasteiger partial charge in [0.15, 0.2) is 0 Å². The quantitative estimate of drug-likeness (QED) is 0.725. The molecule has 0 aliphatic heterocycles. The Hall–Kier alpha value is -2.37. The Morgan fingerprint density at radius 3 is 2.29 bits per heavy atom. The SMILES string of the molecule is CCNC(=O)[C@@H](C)NC(=O)Cc1ccc(NC(C)=O)cc1. The number of carbonyl (C=O) groups excluding carboxylic acids is 3. The fourth-order valence-corrected chi connectivity index (χ4v) is 1.78. The molecule has 0 aliphatic carbocycles. The van der Waals surface area contributed by atoms with Crippen LogP contribution in [0.1, 0.15) is 26.3 Å². The van der Waals surface area contributed by atoms with Crippen molar-refractivity contribution in [1.29, 1.82) is 0 Å². The lowest BCUT2D eigenvalue weighted by atomic mass is 10.1.